The zero-order valence-electron chi connectivity index (χ0n) is 7.62. The molecule has 1 heterocycles. The smallest absolute Gasteiger partial charge is 0.134 e. The molecule has 2 aromatic rings. The highest BCUT2D eigenvalue weighted by Crippen LogP contribution is 2.31. The summed E-state index contributed by atoms with van der Waals surface area (Å²) < 4.78 is 0. The number of hydrogen-bond donors (Lipinski definition) is 1. The van der Waals surface area contributed by atoms with Gasteiger partial charge in [-0.25, -0.2) is 0 Å². The lowest BCUT2D eigenvalue weighted by molar-refractivity contribution is 0.476. The number of thiophene rings is 1. The molecule has 1 aromatic carbocycles. The number of aromatic hydroxyl groups is 1. The standard InChI is InChI=1S/C11H9ClOS/c1-7-4-9(6-14-7)8-2-3-10(12)11(13)5-8/h2-6,13H,1H3. The van der Waals surface area contributed by atoms with Crippen molar-refractivity contribution in [2.24, 2.45) is 0 Å². The molecule has 0 amide bonds. The molecule has 1 nitrogen and oxygen atoms in total. The molecule has 1 N–H and O–H groups in total. The number of rotatable bonds is 1. The molecule has 0 spiro atoms. The van der Waals surface area contributed by atoms with Gasteiger partial charge in [-0.15, -0.1) is 11.3 Å². The number of aryl methyl sites for hydroxylation is 1. The van der Waals surface area contributed by atoms with Crippen molar-refractivity contribution in [3.8, 4) is 16.9 Å². The van der Waals surface area contributed by atoms with Crippen LogP contribution in [0.3, 0.4) is 0 Å². The Morgan fingerprint density at radius 1 is 1.21 bits per heavy atom. The maximum Gasteiger partial charge on any atom is 0.134 e. The van der Waals surface area contributed by atoms with Crippen molar-refractivity contribution in [1.29, 1.82) is 0 Å². The highest BCUT2D eigenvalue weighted by Gasteiger charge is 2.03. The Bertz CT molecular complexity index is 462. The topological polar surface area (TPSA) is 20.2 Å². The maximum absolute atomic E-state index is 9.44. The first-order valence-corrected chi connectivity index (χ1v) is 5.46. The van der Waals surface area contributed by atoms with Gasteiger partial charge >= 0.3 is 0 Å². The van der Waals surface area contributed by atoms with Crippen molar-refractivity contribution < 1.29 is 5.11 Å². The summed E-state index contributed by atoms with van der Waals surface area (Å²) in [6, 6.07) is 7.39. The van der Waals surface area contributed by atoms with Gasteiger partial charge in [0.05, 0.1) is 5.02 Å². The molecule has 0 aliphatic rings. The zero-order valence-corrected chi connectivity index (χ0v) is 9.19. The minimum Gasteiger partial charge on any atom is -0.506 e. The van der Waals surface area contributed by atoms with E-state index < -0.39 is 0 Å². The van der Waals surface area contributed by atoms with Gasteiger partial charge in [-0.1, -0.05) is 17.7 Å². The fourth-order valence-electron chi connectivity index (χ4n) is 1.29. The average molecular weight is 225 g/mol. The highest BCUT2D eigenvalue weighted by atomic mass is 35.5. The molecule has 0 saturated carbocycles. The van der Waals surface area contributed by atoms with E-state index in [-0.39, 0.29) is 5.75 Å². The van der Waals surface area contributed by atoms with Crippen LogP contribution in [-0.4, -0.2) is 5.11 Å². The number of benzene rings is 1. The monoisotopic (exact) mass is 224 g/mol. The zero-order chi connectivity index (χ0) is 10.1. The third-order valence-electron chi connectivity index (χ3n) is 2.01. The van der Waals surface area contributed by atoms with Gasteiger partial charge in [0.25, 0.3) is 0 Å². The number of halogens is 1. The van der Waals surface area contributed by atoms with E-state index in [1.165, 1.54) is 4.88 Å². The molecule has 3 heteroatoms. The Morgan fingerprint density at radius 3 is 2.57 bits per heavy atom. The predicted molar refractivity (Wildman–Crippen MR) is 61.2 cm³/mol. The average Bonchev–Trinajstić information content (AvgIpc) is 2.57. The van der Waals surface area contributed by atoms with E-state index >= 15 is 0 Å². The van der Waals surface area contributed by atoms with Crippen LogP contribution in [0.25, 0.3) is 11.1 Å². The second kappa shape index (κ2) is 3.64. The first-order chi connectivity index (χ1) is 6.66. The molecule has 2 rings (SSSR count). The first kappa shape index (κ1) is 9.56. The minimum atomic E-state index is 0.132. The van der Waals surface area contributed by atoms with E-state index in [9.17, 15) is 5.11 Å². The van der Waals surface area contributed by atoms with Crippen molar-refractivity contribution in [3.05, 3.63) is 39.5 Å². The Balaban J connectivity index is 2.47. The molecule has 14 heavy (non-hydrogen) atoms. The van der Waals surface area contributed by atoms with Crippen molar-refractivity contribution in [2.45, 2.75) is 6.92 Å². The lowest BCUT2D eigenvalue weighted by atomic mass is 10.1. The second-order valence-electron chi connectivity index (χ2n) is 3.11. The molecule has 0 saturated heterocycles. The van der Waals surface area contributed by atoms with Crippen LogP contribution in [0.1, 0.15) is 4.88 Å². The van der Waals surface area contributed by atoms with Crippen LogP contribution < -0.4 is 0 Å². The number of phenols is 1. The molecule has 0 bridgehead atoms. The normalized spacial score (nSPS) is 10.4. The van der Waals surface area contributed by atoms with E-state index in [4.69, 9.17) is 11.6 Å². The summed E-state index contributed by atoms with van der Waals surface area (Å²) in [6.07, 6.45) is 0. The second-order valence-corrected chi connectivity index (χ2v) is 4.63. The molecule has 0 radical (unpaired) electrons. The molecular weight excluding hydrogens is 216 g/mol. The quantitative estimate of drug-likeness (QED) is 0.774. The molecule has 0 aliphatic heterocycles. The predicted octanol–water partition coefficient (Wildman–Crippen LogP) is 4.08. The Morgan fingerprint density at radius 2 is 2.00 bits per heavy atom. The van der Waals surface area contributed by atoms with E-state index in [0.29, 0.717) is 5.02 Å². The van der Waals surface area contributed by atoms with Crippen LogP contribution in [0, 0.1) is 6.92 Å². The number of hydrogen-bond acceptors (Lipinski definition) is 2. The summed E-state index contributed by atoms with van der Waals surface area (Å²) in [4.78, 5) is 1.26. The summed E-state index contributed by atoms with van der Waals surface area (Å²) in [7, 11) is 0. The van der Waals surface area contributed by atoms with Crippen molar-refractivity contribution in [1.82, 2.24) is 0 Å². The van der Waals surface area contributed by atoms with Crippen LogP contribution >= 0.6 is 22.9 Å². The van der Waals surface area contributed by atoms with Gasteiger partial charge in [0, 0.05) is 4.88 Å². The summed E-state index contributed by atoms with van der Waals surface area (Å²) in [5.41, 5.74) is 2.12. The Labute approximate surface area is 91.6 Å². The van der Waals surface area contributed by atoms with Gasteiger partial charge in [-0.2, -0.15) is 0 Å². The number of phenolic OH excluding ortho intramolecular Hbond substituents is 1. The fraction of sp³-hybridized carbons (Fsp3) is 0.0909. The molecule has 0 unspecified atom stereocenters. The molecule has 72 valence electrons. The highest BCUT2D eigenvalue weighted by molar-refractivity contribution is 7.10. The summed E-state index contributed by atoms with van der Waals surface area (Å²) in [5, 5.41) is 11.9. The molecular formula is C11H9ClOS. The van der Waals surface area contributed by atoms with Crippen LogP contribution in [0.5, 0.6) is 5.75 Å². The molecule has 0 atom stereocenters. The minimum absolute atomic E-state index is 0.132. The van der Waals surface area contributed by atoms with Gasteiger partial charge in [0.1, 0.15) is 5.75 Å². The summed E-state index contributed by atoms with van der Waals surface area (Å²) in [6.45, 7) is 2.06. The third-order valence-corrected chi connectivity index (χ3v) is 3.19. The molecule has 1 aromatic heterocycles. The van der Waals surface area contributed by atoms with Crippen LogP contribution in [0.15, 0.2) is 29.6 Å². The first-order valence-electron chi connectivity index (χ1n) is 4.21. The largest absolute Gasteiger partial charge is 0.506 e. The maximum atomic E-state index is 9.44. The SMILES string of the molecule is Cc1cc(-c2ccc(Cl)c(O)c2)cs1. The fourth-order valence-corrected chi connectivity index (χ4v) is 2.12. The lowest BCUT2D eigenvalue weighted by Gasteiger charge is -2.00. The summed E-state index contributed by atoms with van der Waals surface area (Å²) in [5.74, 6) is 0.132. The molecule has 0 fully saturated rings. The van der Waals surface area contributed by atoms with Gasteiger partial charge in [-0.05, 0) is 41.6 Å². The Hall–Kier alpha value is -0.990. The van der Waals surface area contributed by atoms with Crippen molar-refractivity contribution >= 4 is 22.9 Å². The van der Waals surface area contributed by atoms with Crippen LogP contribution in [0.4, 0.5) is 0 Å². The van der Waals surface area contributed by atoms with Gasteiger partial charge in [0.2, 0.25) is 0 Å². The van der Waals surface area contributed by atoms with Gasteiger partial charge in [0.15, 0.2) is 0 Å². The van der Waals surface area contributed by atoms with Crippen LogP contribution in [-0.2, 0) is 0 Å². The Kier molecular flexibility index (Phi) is 2.48. The van der Waals surface area contributed by atoms with Crippen LogP contribution in [0.2, 0.25) is 5.02 Å². The van der Waals surface area contributed by atoms with E-state index in [1.807, 2.05) is 6.07 Å². The van der Waals surface area contributed by atoms with Crippen molar-refractivity contribution in [2.75, 3.05) is 0 Å². The van der Waals surface area contributed by atoms with Crippen molar-refractivity contribution in [3.63, 3.8) is 0 Å². The summed E-state index contributed by atoms with van der Waals surface area (Å²) >= 11 is 7.42. The molecule has 0 aliphatic carbocycles. The van der Waals surface area contributed by atoms with Gasteiger partial charge in [-0.3, -0.25) is 0 Å². The lowest BCUT2D eigenvalue weighted by Crippen LogP contribution is -1.74. The van der Waals surface area contributed by atoms with E-state index in [1.54, 1.807) is 23.5 Å². The third kappa shape index (κ3) is 1.76. The van der Waals surface area contributed by atoms with Gasteiger partial charge < -0.3 is 5.11 Å². The van der Waals surface area contributed by atoms with E-state index in [0.717, 1.165) is 11.1 Å². The van der Waals surface area contributed by atoms with E-state index in [2.05, 4.69) is 18.4 Å².